The largest absolute Gasteiger partial charge is 0.480 e. The van der Waals surface area contributed by atoms with Crippen molar-refractivity contribution >= 4 is 35.5 Å². The first-order valence-electron chi connectivity index (χ1n) is 7.36. The molecule has 26 heavy (non-hydrogen) atoms. The summed E-state index contributed by atoms with van der Waals surface area (Å²) in [6.07, 6.45) is -1.33. The Morgan fingerprint density at radius 1 is 0.885 bits per heavy atom. The van der Waals surface area contributed by atoms with Crippen molar-refractivity contribution in [1.82, 2.24) is 16.0 Å². The van der Waals surface area contributed by atoms with Crippen LogP contribution < -0.4 is 33.2 Å². The molecule has 0 saturated carbocycles. The molecule has 0 rings (SSSR count). The summed E-state index contributed by atoms with van der Waals surface area (Å²) in [7, 11) is 0. The second-order valence-corrected chi connectivity index (χ2v) is 5.37. The molecule has 146 valence electrons. The zero-order valence-corrected chi connectivity index (χ0v) is 14.0. The number of primary amides is 2. The number of carboxylic acid groups (broad SMARTS) is 1. The number of aliphatic carboxylic acids is 1. The Morgan fingerprint density at radius 2 is 1.38 bits per heavy atom. The van der Waals surface area contributed by atoms with E-state index in [-0.39, 0.29) is 0 Å². The zero-order valence-electron chi connectivity index (χ0n) is 14.0. The van der Waals surface area contributed by atoms with Gasteiger partial charge < -0.3 is 38.3 Å². The Kier molecular flexibility index (Phi) is 9.29. The number of amides is 5. The summed E-state index contributed by atoms with van der Waals surface area (Å²) >= 11 is 0. The summed E-state index contributed by atoms with van der Waals surface area (Å²) in [5.41, 5.74) is 15.2. The van der Waals surface area contributed by atoms with Crippen LogP contribution in [0, 0.1) is 0 Å². The van der Waals surface area contributed by atoms with Crippen molar-refractivity contribution < 1.29 is 33.9 Å². The molecular formula is C13H22N6O7. The van der Waals surface area contributed by atoms with Crippen LogP contribution in [-0.4, -0.2) is 65.3 Å². The summed E-state index contributed by atoms with van der Waals surface area (Å²) in [5, 5.41) is 15.2. The minimum Gasteiger partial charge on any atom is -0.480 e. The predicted octanol–water partition coefficient (Wildman–Crippen LogP) is -4.75. The van der Waals surface area contributed by atoms with Crippen LogP contribution in [0.2, 0.25) is 0 Å². The van der Waals surface area contributed by atoms with Crippen molar-refractivity contribution in [3.05, 3.63) is 0 Å². The predicted molar refractivity (Wildman–Crippen MR) is 85.8 cm³/mol. The highest BCUT2D eigenvalue weighted by atomic mass is 16.4. The van der Waals surface area contributed by atoms with Crippen LogP contribution in [0.15, 0.2) is 0 Å². The van der Waals surface area contributed by atoms with E-state index >= 15 is 0 Å². The Bertz CT molecular complexity index is 592. The lowest BCUT2D eigenvalue weighted by Gasteiger charge is -2.20. The van der Waals surface area contributed by atoms with E-state index in [1.54, 1.807) is 0 Å². The second-order valence-electron chi connectivity index (χ2n) is 5.37. The van der Waals surface area contributed by atoms with Crippen LogP contribution >= 0.6 is 0 Å². The lowest BCUT2D eigenvalue weighted by Crippen LogP contribution is -2.55. The van der Waals surface area contributed by atoms with E-state index in [4.69, 9.17) is 22.3 Å². The summed E-state index contributed by atoms with van der Waals surface area (Å²) < 4.78 is 0. The highest BCUT2D eigenvalue weighted by molar-refractivity contribution is 5.95. The van der Waals surface area contributed by atoms with Crippen molar-refractivity contribution in [2.75, 3.05) is 6.54 Å². The van der Waals surface area contributed by atoms with E-state index in [2.05, 4.69) is 10.6 Å². The van der Waals surface area contributed by atoms with Gasteiger partial charge in [-0.25, -0.2) is 4.79 Å². The average molecular weight is 374 g/mol. The van der Waals surface area contributed by atoms with Gasteiger partial charge in [0.15, 0.2) is 0 Å². The first kappa shape index (κ1) is 22.8. The fourth-order valence-electron chi connectivity index (χ4n) is 1.66. The van der Waals surface area contributed by atoms with Gasteiger partial charge in [-0.2, -0.15) is 0 Å². The van der Waals surface area contributed by atoms with Crippen molar-refractivity contribution in [2.45, 2.75) is 37.9 Å². The van der Waals surface area contributed by atoms with Gasteiger partial charge in [-0.1, -0.05) is 0 Å². The van der Waals surface area contributed by atoms with Gasteiger partial charge in [0.2, 0.25) is 29.5 Å². The van der Waals surface area contributed by atoms with E-state index in [9.17, 15) is 28.8 Å². The Morgan fingerprint density at radius 3 is 1.81 bits per heavy atom. The number of nitrogens with two attached hydrogens (primary N) is 3. The Balaban J connectivity index is 4.95. The maximum Gasteiger partial charge on any atom is 0.326 e. The zero-order chi connectivity index (χ0) is 20.4. The number of rotatable bonds is 11. The molecule has 0 saturated heterocycles. The van der Waals surface area contributed by atoms with Crippen molar-refractivity contribution in [1.29, 1.82) is 0 Å². The Labute approximate surface area is 148 Å². The third kappa shape index (κ3) is 9.17. The SMILES string of the molecule is CC(N)C(=O)NCC(=O)NC(CC(N)=O)C(=O)NC(CC(N)=O)C(=O)O. The topological polar surface area (TPSA) is 237 Å². The fourth-order valence-corrected chi connectivity index (χ4v) is 1.66. The molecule has 0 radical (unpaired) electrons. The lowest BCUT2D eigenvalue weighted by molar-refractivity contribution is -0.143. The van der Waals surface area contributed by atoms with Gasteiger partial charge >= 0.3 is 5.97 Å². The van der Waals surface area contributed by atoms with Crippen molar-refractivity contribution in [3.8, 4) is 0 Å². The van der Waals surface area contributed by atoms with Gasteiger partial charge in [-0.3, -0.25) is 24.0 Å². The summed E-state index contributed by atoms with van der Waals surface area (Å²) in [6, 6.07) is -4.02. The summed E-state index contributed by atoms with van der Waals surface area (Å²) in [6.45, 7) is 0.855. The van der Waals surface area contributed by atoms with Gasteiger partial charge in [0.1, 0.15) is 12.1 Å². The van der Waals surface area contributed by atoms with Gasteiger partial charge in [-0.15, -0.1) is 0 Å². The van der Waals surface area contributed by atoms with Crippen molar-refractivity contribution in [2.24, 2.45) is 17.2 Å². The number of hydrogen-bond donors (Lipinski definition) is 7. The molecule has 0 heterocycles. The molecule has 5 amide bonds. The average Bonchev–Trinajstić information content (AvgIpc) is 2.49. The van der Waals surface area contributed by atoms with Crippen LogP contribution in [0.4, 0.5) is 0 Å². The van der Waals surface area contributed by atoms with E-state index in [0.29, 0.717) is 0 Å². The van der Waals surface area contributed by atoms with E-state index < -0.39 is 73.0 Å². The molecule has 0 aliphatic carbocycles. The number of carbonyl (C=O) groups is 6. The minimum absolute atomic E-state index is 0.535. The Hall–Kier alpha value is -3.22. The summed E-state index contributed by atoms with van der Waals surface area (Å²) in [4.78, 5) is 68.1. The standard InChI is InChI=1S/C13H22N6O7/c1-5(14)11(23)17-4-10(22)18-6(2-8(15)20)12(24)19-7(13(25)26)3-9(16)21/h5-7H,2-4,14H2,1H3,(H2,15,20)(H2,16,21)(H,17,23)(H,18,22)(H,19,24)(H,25,26). The number of carbonyl (C=O) groups excluding carboxylic acids is 5. The van der Waals surface area contributed by atoms with E-state index in [0.717, 1.165) is 0 Å². The first-order valence-corrected chi connectivity index (χ1v) is 7.36. The van der Waals surface area contributed by atoms with Crippen LogP contribution in [0.5, 0.6) is 0 Å². The van der Waals surface area contributed by atoms with Gasteiger partial charge in [-0.05, 0) is 6.92 Å². The molecule has 0 fully saturated rings. The molecular weight excluding hydrogens is 352 g/mol. The minimum atomic E-state index is -1.65. The molecule has 13 heteroatoms. The van der Waals surface area contributed by atoms with Gasteiger partial charge in [0.05, 0.1) is 25.4 Å². The van der Waals surface area contributed by atoms with Gasteiger partial charge in [0, 0.05) is 0 Å². The van der Waals surface area contributed by atoms with Crippen molar-refractivity contribution in [3.63, 3.8) is 0 Å². The maximum atomic E-state index is 12.1. The smallest absolute Gasteiger partial charge is 0.326 e. The summed E-state index contributed by atoms with van der Waals surface area (Å²) in [5.74, 6) is -6.00. The molecule has 0 aliphatic heterocycles. The normalized spacial score (nSPS) is 13.6. The van der Waals surface area contributed by atoms with E-state index in [1.165, 1.54) is 6.92 Å². The molecule has 0 aliphatic rings. The highest BCUT2D eigenvalue weighted by Gasteiger charge is 2.28. The van der Waals surface area contributed by atoms with Crippen LogP contribution in [0.1, 0.15) is 19.8 Å². The maximum absolute atomic E-state index is 12.1. The second kappa shape index (κ2) is 10.6. The molecule has 3 atom stereocenters. The van der Waals surface area contributed by atoms with Crippen LogP contribution in [-0.2, 0) is 28.8 Å². The number of nitrogens with one attached hydrogen (secondary N) is 3. The number of hydrogen-bond acceptors (Lipinski definition) is 7. The molecule has 0 aromatic heterocycles. The van der Waals surface area contributed by atoms with Gasteiger partial charge in [0.25, 0.3) is 0 Å². The quantitative estimate of drug-likeness (QED) is 0.185. The van der Waals surface area contributed by atoms with Crippen LogP contribution in [0.25, 0.3) is 0 Å². The monoisotopic (exact) mass is 374 g/mol. The molecule has 13 nitrogen and oxygen atoms in total. The lowest BCUT2D eigenvalue weighted by atomic mass is 10.1. The molecule has 0 aromatic carbocycles. The molecule has 3 unspecified atom stereocenters. The molecule has 0 aromatic rings. The molecule has 0 bridgehead atoms. The fraction of sp³-hybridized carbons (Fsp3) is 0.538. The molecule has 0 spiro atoms. The van der Waals surface area contributed by atoms with Crippen LogP contribution in [0.3, 0.4) is 0 Å². The third-order valence-corrected chi connectivity index (χ3v) is 2.91. The third-order valence-electron chi connectivity index (χ3n) is 2.91. The first-order chi connectivity index (χ1) is 11.9. The highest BCUT2D eigenvalue weighted by Crippen LogP contribution is 1.97. The number of carboxylic acids is 1. The molecule has 10 N–H and O–H groups in total. The van der Waals surface area contributed by atoms with E-state index in [1.807, 2.05) is 5.32 Å².